The van der Waals surface area contributed by atoms with Gasteiger partial charge >= 0.3 is 0 Å². The molecule has 1 aliphatic heterocycles. The highest BCUT2D eigenvalue weighted by Gasteiger charge is 2.60. The minimum absolute atomic E-state index is 0.0256. The molecular weight excluding hydrogens is 164 g/mol. The van der Waals surface area contributed by atoms with Gasteiger partial charge in [0.25, 0.3) is 0 Å². The summed E-state index contributed by atoms with van der Waals surface area (Å²) in [5.41, 5.74) is -0.00301. The van der Waals surface area contributed by atoms with E-state index < -0.39 is 0 Å². The van der Waals surface area contributed by atoms with Crippen LogP contribution in [-0.2, 0) is 9.47 Å². The van der Waals surface area contributed by atoms with Gasteiger partial charge in [-0.1, -0.05) is 19.8 Å². The molecule has 0 saturated carbocycles. The van der Waals surface area contributed by atoms with E-state index in [-0.39, 0.29) is 11.2 Å². The number of ether oxygens (including phenoxy) is 2. The first-order valence-electron chi connectivity index (χ1n) is 5.30. The van der Waals surface area contributed by atoms with Gasteiger partial charge in [-0.25, -0.2) is 0 Å². The first-order chi connectivity index (χ1) is 6.02. The van der Waals surface area contributed by atoms with E-state index in [0.29, 0.717) is 0 Å². The molecule has 1 saturated heterocycles. The molecule has 1 rings (SSSR count). The number of rotatable bonds is 6. The van der Waals surface area contributed by atoms with E-state index in [0.717, 1.165) is 13.2 Å². The predicted molar refractivity (Wildman–Crippen MR) is 53.9 cm³/mol. The molecule has 0 aromatic carbocycles. The largest absolute Gasteiger partial charge is 0.378 e. The van der Waals surface area contributed by atoms with Crippen LogP contribution in [-0.4, -0.2) is 24.4 Å². The quantitative estimate of drug-likeness (QED) is 0.470. The van der Waals surface area contributed by atoms with Gasteiger partial charge < -0.3 is 9.47 Å². The molecule has 2 nitrogen and oxygen atoms in total. The maximum atomic E-state index is 5.57. The van der Waals surface area contributed by atoms with E-state index in [1.165, 1.54) is 19.3 Å². The Labute approximate surface area is 81.6 Å². The van der Waals surface area contributed by atoms with E-state index in [4.69, 9.17) is 9.47 Å². The van der Waals surface area contributed by atoms with Gasteiger partial charge in [0.1, 0.15) is 5.60 Å². The van der Waals surface area contributed by atoms with Crippen LogP contribution in [0.3, 0.4) is 0 Å². The van der Waals surface area contributed by atoms with Crippen molar-refractivity contribution in [3.8, 4) is 0 Å². The lowest BCUT2D eigenvalue weighted by Crippen LogP contribution is -2.23. The molecule has 0 aromatic heterocycles. The highest BCUT2D eigenvalue weighted by Crippen LogP contribution is 2.47. The van der Waals surface area contributed by atoms with Gasteiger partial charge in [0.05, 0.1) is 12.2 Å². The molecule has 0 radical (unpaired) electrons. The lowest BCUT2D eigenvalue weighted by Gasteiger charge is -2.09. The van der Waals surface area contributed by atoms with Crippen LogP contribution in [0.5, 0.6) is 0 Å². The molecule has 1 fully saturated rings. The molecule has 0 aliphatic carbocycles. The summed E-state index contributed by atoms with van der Waals surface area (Å²) in [6, 6.07) is 0. The van der Waals surface area contributed by atoms with E-state index in [1.807, 2.05) is 0 Å². The summed E-state index contributed by atoms with van der Waals surface area (Å²) in [5.74, 6) is 0. The fourth-order valence-electron chi connectivity index (χ4n) is 1.46. The van der Waals surface area contributed by atoms with Gasteiger partial charge in [-0.3, -0.25) is 0 Å². The molecular formula is C11H22O2. The minimum Gasteiger partial charge on any atom is -0.378 e. The summed E-state index contributed by atoms with van der Waals surface area (Å²) < 4.78 is 11.1. The Bertz CT molecular complexity index is 165. The molecule has 2 heteroatoms. The topological polar surface area (TPSA) is 21.8 Å². The summed E-state index contributed by atoms with van der Waals surface area (Å²) in [7, 11) is 0. The van der Waals surface area contributed by atoms with E-state index >= 15 is 0 Å². The van der Waals surface area contributed by atoms with Crippen LogP contribution in [0, 0.1) is 0 Å². The van der Waals surface area contributed by atoms with Gasteiger partial charge in [-0.2, -0.15) is 0 Å². The van der Waals surface area contributed by atoms with Crippen LogP contribution < -0.4 is 0 Å². The van der Waals surface area contributed by atoms with Crippen molar-refractivity contribution in [1.82, 2.24) is 0 Å². The Morgan fingerprint density at radius 1 is 1.15 bits per heavy atom. The number of hydrogen-bond acceptors (Lipinski definition) is 2. The molecule has 0 N–H and O–H groups in total. The van der Waals surface area contributed by atoms with Crippen LogP contribution in [0.1, 0.15) is 47.0 Å². The highest BCUT2D eigenvalue weighted by atomic mass is 16.6. The van der Waals surface area contributed by atoms with E-state index in [1.54, 1.807) is 0 Å². The van der Waals surface area contributed by atoms with E-state index in [9.17, 15) is 0 Å². The van der Waals surface area contributed by atoms with Crippen molar-refractivity contribution in [3.63, 3.8) is 0 Å². The molecule has 1 atom stereocenters. The van der Waals surface area contributed by atoms with Crippen molar-refractivity contribution < 1.29 is 9.47 Å². The van der Waals surface area contributed by atoms with Gasteiger partial charge in [0.15, 0.2) is 0 Å². The molecule has 0 amide bonds. The van der Waals surface area contributed by atoms with Crippen molar-refractivity contribution in [1.29, 1.82) is 0 Å². The van der Waals surface area contributed by atoms with Crippen molar-refractivity contribution in [2.75, 3.05) is 13.2 Å². The van der Waals surface area contributed by atoms with Gasteiger partial charge in [0.2, 0.25) is 0 Å². The summed E-state index contributed by atoms with van der Waals surface area (Å²) in [6.45, 7) is 10.2. The average molecular weight is 186 g/mol. The molecule has 78 valence electrons. The first kappa shape index (κ1) is 11.0. The molecule has 0 bridgehead atoms. The monoisotopic (exact) mass is 186 g/mol. The van der Waals surface area contributed by atoms with Crippen LogP contribution in [0.15, 0.2) is 0 Å². The highest BCUT2D eigenvalue weighted by molar-refractivity contribution is 5.07. The van der Waals surface area contributed by atoms with Crippen molar-refractivity contribution in [2.45, 2.75) is 58.2 Å². The van der Waals surface area contributed by atoms with Gasteiger partial charge in [-0.05, 0) is 27.2 Å². The SMILES string of the molecule is CCCCCOCC1(C)OC1(C)C. The van der Waals surface area contributed by atoms with Crippen LogP contribution in [0.25, 0.3) is 0 Å². The second kappa shape index (κ2) is 3.97. The lowest BCUT2D eigenvalue weighted by molar-refractivity contribution is 0.0828. The molecule has 0 spiro atoms. The third kappa shape index (κ3) is 2.68. The van der Waals surface area contributed by atoms with Crippen molar-refractivity contribution in [3.05, 3.63) is 0 Å². The van der Waals surface area contributed by atoms with Crippen LogP contribution >= 0.6 is 0 Å². The smallest absolute Gasteiger partial charge is 0.118 e. The zero-order valence-corrected chi connectivity index (χ0v) is 9.35. The normalized spacial score (nSPS) is 30.5. The number of epoxide rings is 1. The zero-order chi connectivity index (χ0) is 9.95. The molecule has 1 unspecified atom stereocenters. The van der Waals surface area contributed by atoms with Gasteiger partial charge in [0, 0.05) is 6.61 Å². The molecule has 13 heavy (non-hydrogen) atoms. The van der Waals surface area contributed by atoms with Crippen LogP contribution in [0.4, 0.5) is 0 Å². The maximum absolute atomic E-state index is 5.57. The van der Waals surface area contributed by atoms with Crippen molar-refractivity contribution in [2.24, 2.45) is 0 Å². The predicted octanol–water partition coefficient (Wildman–Crippen LogP) is 2.76. The lowest BCUT2D eigenvalue weighted by atomic mass is 9.99. The Morgan fingerprint density at radius 3 is 2.23 bits per heavy atom. The Morgan fingerprint density at radius 2 is 1.77 bits per heavy atom. The second-order valence-corrected chi connectivity index (χ2v) is 4.60. The standard InChI is InChI=1S/C11H22O2/c1-5-6-7-8-12-9-11(4)10(2,3)13-11/h5-9H2,1-4H3. The number of unbranched alkanes of at least 4 members (excludes halogenated alkanes) is 2. The fraction of sp³-hybridized carbons (Fsp3) is 1.00. The Kier molecular flexibility index (Phi) is 3.36. The number of hydrogen-bond donors (Lipinski definition) is 0. The summed E-state index contributed by atoms with van der Waals surface area (Å²) >= 11 is 0. The minimum atomic E-state index is -0.0286. The van der Waals surface area contributed by atoms with Crippen LogP contribution in [0.2, 0.25) is 0 Å². The molecule has 1 aliphatic rings. The Balaban J connectivity index is 2.01. The summed E-state index contributed by atoms with van der Waals surface area (Å²) in [5, 5.41) is 0. The van der Waals surface area contributed by atoms with Crippen molar-refractivity contribution >= 4 is 0 Å². The molecule has 1 heterocycles. The zero-order valence-electron chi connectivity index (χ0n) is 9.35. The third-order valence-electron chi connectivity index (χ3n) is 2.98. The Hall–Kier alpha value is -0.0800. The summed E-state index contributed by atoms with van der Waals surface area (Å²) in [4.78, 5) is 0. The average Bonchev–Trinajstić information content (AvgIpc) is 2.51. The third-order valence-corrected chi connectivity index (χ3v) is 2.98. The summed E-state index contributed by atoms with van der Waals surface area (Å²) in [6.07, 6.45) is 3.69. The molecule has 0 aromatic rings. The fourth-order valence-corrected chi connectivity index (χ4v) is 1.46. The van der Waals surface area contributed by atoms with Gasteiger partial charge in [-0.15, -0.1) is 0 Å². The maximum Gasteiger partial charge on any atom is 0.118 e. The van der Waals surface area contributed by atoms with E-state index in [2.05, 4.69) is 27.7 Å². The first-order valence-corrected chi connectivity index (χ1v) is 5.30. The second-order valence-electron chi connectivity index (χ2n) is 4.60.